The Morgan fingerprint density at radius 1 is 1.28 bits per heavy atom. The van der Waals surface area contributed by atoms with Gasteiger partial charge in [-0.2, -0.15) is 0 Å². The van der Waals surface area contributed by atoms with Gasteiger partial charge in [0.2, 0.25) is 5.91 Å². The fourth-order valence-electron chi connectivity index (χ4n) is 4.19. The van der Waals surface area contributed by atoms with E-state index in [1.807, 2.05) is 24.1 Å². The lowest BCUT2D eigenvalue weighted by Gasteiger charge is -2.39. The third kappa shape index (κ3) is 2.90. The number of nitrogens with zero attached hydrogens (tertiary/aromatic N) is 3. The van der Waals surface area contributed by atoms with Gasteiger partial charge in [-0.3, -0.25) is 9.59 Å². The van der Waals surface area contributed by atoms with Crippen molar-refractivity contribution >= 4 is 17.2 Å². The van der Waals surface area contributed by atoms with Crippen LogP contribution in [0, 0.1) is 13.8 Å². The number of piperidine rings is 1. The number of fused-ring (bicyclic) bond motifs is 2. The van der Waals surface area contributed by atoms with Crippen LogP contribution in [-0.2, 0) is 23.1 Å². The van der Waals surface area contributed by atoms with Gasteiger partial charge in [0.25, 0.3) is 5.56 Å². The molecule has 1 spiro atoms. The predicted molar refractivity (Wildman–Crippen MR) is 96.0 cm³/mol. The second kappa shape index (κ2) is 6.05. The van der Waals surface area contributed by atoms with Gasteiger partial charge in [-0.05, 0) is 39.5 Å². The minimum Gasteiger partial charge on any atom is -0.342 e. The first-order chi connectivity index (χ1) is 12.0. The number of carbonyl (C=O) groups excluding carboxylic acids is 1. The molecule has 25 heavy (non-hydrogen) atoms. The van der Waals surface area contributed by atoms with Crippen molar-refractivity contribution in [3.05, 3.63) is 43.5 Å². The van der Waals surface area contributed by atoms with Gasteiger partial charge in [0.1, 0.15) is 5.82 Å². The molecule has 2 aliphatic rings. The summed E-state index contributed by atoms with van der Waals surface area (Å²) >= 11 is 1.58. The molecule has 2 aromatic heterocycles. The lowest BCUT2D eigenvalue weighted by Crippen LogP contribution is -2.45. The standard InChI is InChI=1S/C18H22N4O2S/c1-11-19-16-14(17(24)20-11)3-4-18(16)5-7-22(8-6-18)15(23)9-13-10-25-12(2)21-13/h10H,3-9H2,1-2H3,(H,19,20,24). The Labute approximate surface area is 150 Å². The van der Waals surface area contributed by atoms with Crippen molar-refractivity contribution in [1.29, 1.82) is 0 Å². The smallest absolute Gasteiger partial charge is 0.254 e. The van der Waals surface area contributed by atoms with Crippen LogP contribution in [0.1, 0.15) is 47.0 Å². The van der Waals surface area contributed by atoms with Crippen molar-refractivity contribution in [3.8, 4) is 0 Å². The summed E-state index contributed by atoms with van der Waals surface area (Å²) < 4.78 is 0. The molecule has 4 rings (SSSR count). The van der Waals surface area contributed by atoms with E-state index in [0.29, 0.717) is 12.2 Å². The summed E-state index contributed by atoms with van der Waals surface area (Å²) in [4.78, 5) is 38.5. The summed E-state index contributed by atoms with van der Waals surface area (Å²) in [5.74, 6) is 0.829. The van der Waals surface area contributed by atoms with E-state index in [2.05, 4.69) is 15.0 Å². The Balaban J connectivity index is 1.48. The topological polar surface area (TPSA) is 79.0 Å². The average molecular weight is 358 g/mol. The highest BCUT2D eigenvalue weighted by Crippen LogP contribution is 2.44. The van der Waals surface area contributed by atoms with E-state index in [1.54, 1.807) is 11.3 Å². The van der Waals surface area contributed by atoms with Crippen molar-refractivity contribution < 1.29 is 4.79 Å². The monoisotopic (exact) mass is 358 g/mol. The molecule has 6 nitrogen and oxygen atoms in total. The molecule has 0 unspecified atom stereocenters. The van der Waals surface area contributed by atoms with Gasteiger partial charge >= 0.3 is 0 Å². The Kier molecular flexibility index (Phi) is 3.98. The first-order valence-corrected chi connectivity index (χ1v) is 9.64. The van der Waals surface area contributed by atoms with Gasteiger partial charge in [-0.15, -0.1) is 11.3 Å². The molecule has 2 aromatic rings. The SMILES string of the molecule is Cc1nc2c(c(=O)[nH]1)CCC21CCN(C(=O)Cc2csc(C)n2)CC1. The maximum atomic E-state index is 12.6. The molecule has 1 aliphatic heterocycles. The van der Waals surface area contributed by atoms with Crippen molar-refractivity contribution in [2.24, 2.45) is 0 Å². The third-order valence-corrected chi connectivity index (χ3v) is 6.38. The van der Waals surface area contributed by atoms with E-state index in [0.717, 1.165) is 60.7 Å². The average Bonchev–Trinajstić information content (AvgIpc) is 3.13. The number of aryl methyl sites for hydroxylation is 2. The molecule has 132 valence electrons. The Morgan fingerprint density at radius 2 is 2.04 bits per heavy atom. The van der Waals surface area contributed by atoms with Crippen molar-refractivity contribution in [3.63, 3.8) is 0 Å². The van der Waals surface area contributed by atoms with Crippen LogP contribution >= 0.6 is 11.3 Å². The summed E-state index contributed by atoms with van der Waals surface area (Å²) in [6, 6.07) is 0. The van der Waals surface area contributed by atoms with Crippen LogP contribution in [0.2, 0.25) is 0 Å². The van der Waals surface area contributed by atoms with Crippen LogP contribution in [0.5, 0.6) is 0 Å². The number of thiazole rings is 1. The van der Waals surface area contributed by atoms with Crippen LogP contribution in [0.4, 0.5) is 0 Å². The second-order valence-electron chi connectivity index (χ2n) is 7.17. The van der Waals surface area contributed by atoms with E-state index in [-0.39, 0.29) is 16.9 Å². The van der Waals surface area contributed by atoms with E-state index >= 15 is 0 Å². The third-order valence-electron chi connectivity index (χ3n) is 5.56. The van der Waals surface area contributed by atoms with Gasteiger partial charge < -0.3 is 9.88 Å². The highest BCUT2D eigenvalue weighted by Gasteiger charge is 2.44. The molecule has 1 saturated heterocycles. The number of rotatable bonds is 2. The van der Waals surface area contributed by atoms with Crippen LogP contribution in [0.25, 0.3) is 0 Å². The fourth-order valence-corrected chi connectivity index (χ4v) is 4.80. The quantitative estimate of drug-likeness (QED) is 0.889. The first kappa shape index (κ1) is 16.4. The van der Waals surface area contributed by atoms with Gasteiger partial charge in [0.15, 0.2) is 0 Å². The minimum atomic E-state index is -0.0254. The van der Waals surface area contributed by atoms with Crippen molar-refractivity contribution in [2.45, 2.75) is 51.4 Å². The lowest BCUT2D eigenvalue weighted by atomic mass is 9.76. The largest absolute Gasteiger partial charge is 0.342 e. The Morgan fingerprint density at radius 3 is 2.72 bits per heavy atom. The first-order valence-electron chi connectivity index (χ1n) is 8.76. The molecule has 0 saturated carbocycles. The number of likely N-dealkylation sites (tertiary alicyclic amines) is 1. The Bertz CT molecular complexity index is 877. The molecule has 0 aromatic carbocycles. The Hall–Kier alpha value is -2.02. The number of aromatic amines is 1. The molecule has 1 amide bonds. The van der Waals surface area contributed by atoms with Crippen LogP contribution < -0.4 is 5.56 Å². The van der Waals surface area contributed by atoms with Gasteiger partial charge in [-0.25, -0.2) is 9.97 Å². The summed E-state index contributed by atoms with van der Waals surface area (Å²) in [6.07, 6.45) is 3.92. The summed E-state index contributed by atoms with van der Waals surface area (Å²) in [5, 5.41) is 2.96. The zero-order valence-electron chi connectivity index (χ0n) is 14.6. The van der Waals surface area contributed by atoms with E-state index in [1.165, 1.54) is 0 Å². The van der Waals surface area contributed by atoms with Gasteiger partial charge in [0, 0.05) is 29.4 Å². The number of carbonyl (C=O) groups is 1. The summed E-state index contributed by atoms with van der Waals surface area (Å²) in [6.45, 7) is 5.25. The molecule has 0 bridgehead atoms. The number of hydrogen-bond donors (Lipinski definition) is 1. The van der Waals surface area contributed by atoms with Gasteiger partial charge in [-0.1, -0.05) is 0 Å². The van der Waals surface area contributed by atoms with Crippen molar-refractivity contribution in [1.82, 2.24) is 19.9 Å². The maximum Gasteiger partial charge on any atom is 0.254 e. The summed E-state index contributed by atoms with van der Waals surface area (Å²) in [7, 11) is 0. The molecule has 1 N–H and O–H groups in total. The zero-order chi connectivity index (χ0) is 17.6. The number of amides is 1. The number of H-pyrrole nitrogens is 1. The van der Waals surface area contributed by atoms with E-state index in [4.69, 9.17) is 0 Å². The highest BCUT2D eigenvalue weighted by molar-refractivity contribution is 7.09. The molecule has 1 fully saturated rings. The number of hydrogen-bond acceptors (Lipinski definition) is 5. The highest BCUT2D eigenvalue weighted by atomic mass is 32.1. The maximum absolute atomic E-state index is 12.6. The van der Waals surface area contributed by atoms with Gasteiger partial charge in [0.05, 0.1) is 22.8 Å². The number of nitrogens with one attached hydrogen (secondary N) is 1. The van der Waals surface area contributed by atoms with Crippen LogP contribution in [0.3, 0.4) is 0 Å². The predicted octanol–water partition coefficient (Wildman–Crippen LogP) is 1.89. The molecule has 0 atom stereocenters. The molecule has 3 heterocycles. The normalized spacial score (nSPS) is 18.6. The molecule has 0 radical (unpaired) electrons. The minimum absolute atomic E-state index is 0.0109. The van der Waals surface area contributed by atoms with Crippen LogP contribution in [0.15, 0.2) is 10.2 Å². The van der Waals surface area contributed by atoms with Crippen molar-refractivity contribution in [2.75, 3.05) is 13.1 Å². The second-order valence-corrected chi connectivity index (χ2v) is 8.24. The molecule has 7 heteroatoms. The summed E-state index contributed by atoms with van der Waals surface area (Å²) in [5.41, 5.74) is 2.68. The molecular weight excluding hydrogens is 336 g/mol. The number of aromatic nitrogens is 3. The van der Waals surface area contributed by atoms with E-state index in [9.17, 15) is 9.59 Å². The van der Waals surface area contributed by atoms with E-state index < -0.39 is 0 Å². The lowest BCUT2D eigenvalue weighted by molar-refractivity contribution is -0.132. The molecule has 1 aliphatic carbocycles. The van der Waals surface area contributed by atoms with Crippen LogP contribution in [-0.4, -0.2) is 38.8 Å². The zero-order valence-corrected chi connectivity index (χ0v) is 15.4. The molecular formula is C18H22N4O2S. The fraction of sp³-hybridized carbons (Fsp3) is 0.556.